The predicted molar refractivity (Wildman–Crippen MR) is 105 cm³/mol. The molecule has 2 nitrogen and oxygen atoms in total. The molecule has 3 rings (SSSR count). The van der Waals surface area contributed by atoms with E-state index in [4.69, 9.17) is 4.74 Å². The lowest BCUT2D eigenvalue weighted by Gasteiger charge is -2.15. The zero-order chi connectivity index (χ0) is 17.6. The molecule has 3 aromatic carbocycles. The summed E-state index contributed by atoms with van der Waals surface area (Å²) in [5, 5.41) is 3.61. The number of ether oxygens (including phenoxy) is 1. The summed E-state index contributed by atoms with van der Waals surface area (Å²) >= 11 is 0. The molecule has 0 spiro atoms. The van der Waals surface area contributed by atoms with Gasteiger partial charge in [0.05, 0.1) is 7.11 Å². The normalized spacial score (nSPS) is 12.0. The Bertz CT molecular complexity index is 809. The van der Waals surface area contributed by atoms with E-state index >= 15 is 0 Å². The van der Waals surface area contributed by atoms with E-state index in [-0.39, 0.29) is 0 Å². The minimum atomic E-state index is 0.326. The first-order valence-corrected chi connectivity index (χ1v) is 8.69. The number of benzene rings is 3. The van der Waals surface area contributed by atoms with Crippen molar-refractivity contribution in [3.8, 4) is 16.9 Å². The summed E-state index contributed by atoms with van der Waals surface area (Å²) in [6.45, 7) is 5.21. The van der Waals surface area contributed by atoms with E-state index in [2.05, 4.69) is 79.8 Å². The van der Waals surface area contributed by atoms with E-state index < -0.39 is 0 Å². The number of hydrogen-bond acceptors (Lipinski definition) is 2. The minimum absolute atomic E-state index is 0.326. The molecular weight excluding hydrogens is 306 g/mol. The minimum Gasteiger partial charge on any atom is -0.497 e. The summed E-state index contributed by atoms with van der Waals surface area (Å²) in [7, 11) is 1.69. The molecule has 0 aromatic heterocycles. The molecule has 0 fully saturated rings. The van der Waals surface area contributed by atoms with Gasteiger partial charge in [-0.1, -0.05) is 54.6 Å². The van der Waals surface area contributed by atoms with Crippen molar-refractivity contribution < 1.29 is 4.74 Å². The van der Waals surface area contributed by atoms with Gasteiger partial charge >= 0.3 is 0 Å². The third-order valence-electron chi connectivity index (χ3n) is 4.61. The lowest BCUT2D eigenvalue weighted by molar-refractivity contribution is 0.415. The van der Waals surface area contributed by atoms with Crippen LogP contribution in [0.3, 0.4) is 0 Å². The monoisotopic (exact) mass is 331 g/mol. The second-order valence-corrected chi connectivity index (χ2v) is 6.39. The van der Waals surface area contributed by atoms with E-state index in [1.165, 1.54) is 27.8 Å². The standard InChI is InChI=1S/C23H25NO/c1-17-9-10-19(16-24-18(2)20-7-5-4-6-8-20)15-23(17)21-11-13-22(25-3)14-12-21/h4-15,18,24H,16H2,1-3H3. The quantitative estimate of drug-likeness (QED) is 0.642. The molecular formula is C23H25NO. The van der Waals surface area contributed by atoms with Gasteiger partial charge in [-0.2, -0.15) is 0 Å². The van der Waals surface area contributed by atoms with Crippen LogP contribution in [0.25, 0.3) is 11.1 Å². The third kappa shape index (κ3) is 4.28. The van der Waals surface area contributed by atoms with Crippen LogP contribution in [-0.2, 0) is 6.54 Å². The smallest absolute Gasteiger partial charge is 0.118 e. The maximum absolute atomic E-state index is 5.26. The van der Waals surface area contributed by atoms with Gasteiger partial charge in [0, 0.05) is 12.6 Å². The maximum atomic E-state index is 5.26. The van der Waals surface area contributed by atoms with Crippen LogP contribution in [0.2, 0.25) is 0 Å². The Labute approximate surface area is 150 Å². The van der Waals surface area contributed by atoms with Crippen LogP contribution < -0.4 is 10.1 Å². The number of nitrogens with one attached hydrogen (secondary N) is 1. The average molecular weight is 331 g/mol. The second kappa shape index (κ2) is 8.00. The molecule has 0 saturated carbocycles. The third-order valence-corrected chi connectivity index (χ3v) is 4.61. The molecule has 1 N–H and O–H groups in total. The number of methoxy groups -OCH3 is 1. The molecule has 1 atom stereocenters. The average Bonchev–Trinajstić information content (AvgIpc) is 2.68. The van der Waals surface area contributed by atoms with Gasteiger partial charge in [-0.3, -0.25) is 0 Å². The lowest BCUT2D eigenvalue weighted by Crippen LogP contribution is -2.18. The molecule has 0 heterocycles. The lowest BCUT2D eigenvalue weighted by atomic mass is 9.98. The molecule has 1 unspecified atom stereocenters. The van der Waals surface area contributed by atoms with Gasteiger partial charge in [0.25, 0.3) is 0 Å². The van der Waals surface area contributed by atoms with Crippen LogP contribution in [-0.4, -0.2) is 7.11 Å². The van der Waals surface area contributed by atoms with Crippen molar-refractivity contribution in [2.45, 2.75) is 26.4 Å². The van der Waals surface area contributed by atoms with E-state index in [9.17, 15) is 0 Å². The first-order valence-electron chi connectivity index (χ1n) is 8.69. The Morgan fingerprint density at radius 1 is 0.920 bits per heavy atom. The SMILES string of the molecule is COc1ccc(-c2cc(CNC(C)c3ccccc3)ccc2C)cc1. The Kier molecular flexibility index (Phi) is 5.52. The summed E-state index contributed by atoms with van der Waals surface area (Å²) in [4.78, 5) is 0. The van der Waals surface area contributed by atoms with Crippen molar-refractivity contribution in [2.75, 3.05) is 7.11 Å². The molecule has 0 aliphatic carbocycles. The molecule has 0 saturated heterocycles. The van der Waals surface area contributed by atoms with Gasteiger partial charge in [0.1, 0.15) is 5.75 Å². The topological polar surface area (TPSA) is 21.3 Å². The van der Waals surface area contributed by atoms with E-state index in [1.54, 1.807) is 7.11 Å². The van der Waals surface area contributed by atoms with Crippen molar-refractivity contribution >= 4 is 0 Å². The van der Waals surface area contributed by atoms with Crippen molar-refractivity contribution in [2.24, 2.45) is 0 Å². The first kappa shape index (κ1) is 17.2. The predicted octanol–water partition coefficient (Wildman–Crippen LogP) is 5.52. The molecule has 3 aromatic rings. The Morgan fingerprint density at radius 3 is 2.32 bits per heavy atom. The molecule has 25 heavy (non-hydrogen) atoms. The van der Waals surface area contributed by atoms with Gasteiger partial charge in [-0.25, -0.2) is 0 Å². The van der Waals surface area contributed by atoms with Crippen LogP contribution >= 0.6 is 0 Å². The van der Waals surface area contributed by atoms with E-state index in [0.29, 0.717) is 6.04 Å². The van der Waals surface area contributed by atoms with Gasteiger partial charge in [0.2, 0.25) is 0 Å². The highest BCUT2D eigenvalue weighted by Gasteiger charge is 2.07. The molecule has 0 bridgehead atoms. The van der Waals surface area contributed by atoms with Crippen molar-refractivity contribution in [3.63, 3.8) is 0 Å². The Hall–Kier alpha value is -2.58. The summed E-state index contributed by atoms with van der Waals surface area (Å²) in [6, 6.07) is 25.8. The number of aryl methyl sites for hydroxylation is 1. The fourth-order valence-electron chi connectivity index (χ4n) is 2.99. The van der Waals surface area contributed by atoms with Gasteiger partial charge in [-0.05, 0) is 59.9 Å². The first-order chi connectivity index (χ1) is 12.2. The van der Waals surface area contributed by atoms with Crippen LogP contribution in [0, 0.1) is 6.92 Å². The second-order valence-electron chi connectivity index (χ2n) is 6.39. The fourth-order valence-corrected chi connectivity index (χ4v) is 2.99. The Morgan fingerprint density at radius 2 is 1.64 bits per heavy atom. The zero-order valence-electron chi connectivity index (χ0n) is 15.1. The van der Waals surface area contributed by atoms with Crippen LogP contribution in [0.4, 0.5) is 0 Å². The highest BCUT2D eigenvalue weighted by atomic mass is 16.5. The number of hydrogen-bond donors (Lipinski definition) is 1. The number of rotatable bonds is 6. The van der Waals surface area contributed by atoms with E-state index in [0.717, 1.165) is 12.3 Å². The summed E-state index contributed by atoms with van der Waals surface area (Å²) < 4.78 is 5.26. The summed E-state index contributed by atoms with van der Waals surface area (Å²) in [5.74, 6) is 0.885. The van der Waals surface area contributed by atoms with E-state index in [1.807, 2.05) is 12.1 Å². The molecule has 0 aliphatic rings. The molecule has 0 aliphatic heterocycles. The fraction of sp³-hybridized carbons (Fsp3) is 0.217. The molecule has 2 heteroatoms. The molecule has 128 valence electrons. The van der Waals surface area contributed by atoms with Gasteiger partial charge in [-0.15, -0.1) is 0 Å². The van der Waals surface area contributed by atoms with Crippen molar-refractivity contribution in [1.82, 2.24) is 5.32 Å². The highest BCUT2D eigenvalue weighted by molar-refractivity contribution is 5.68. The van der Waals surface area contributed by atoms with Gasteiger partial charge < -0.3 is 10.1 Å². The largest absolute Gasteiger partial charge is 0.497 e. The molecule has 0 radical (unpaired) electrons. The zero-order valence-corrected chi connectivity index (χ0v) is 15.1. The van der Waals surface area contributed by atoms with Crippen LogP contribution in [0.15, 0.2) is 72.8 Å². The van der Waals surface area contributed by atoms with Crippen molar-refractivity contribution in [3.05, 3.63) is 89.5 Å². The highest BCUT2D eigenvalue weighted by Crippen LogP contribution is 2.27. The van der Waals surface area contributed by atoms with Crippen LogP contribution in [0.5, 0.6) is 5.75 Å². The van der Waals surface area contributed by atoms with Crippen LogP contribution in [0.1, 0.15) is 29.7 Å². The summed E-state index contributed by atoms with van der Waals surface area (Å²) in [6.07, 6.45) is 0. The summed E-state index contributed by atoms with van der Waals surface area (Å²) in [5.41, 5.74) is 6.37. The van der Waals surface area contributed by atoms with Crippen molar-refractivity contribution in [1.29, 1.82) is 0 Å². The Balaban J connectivity index is 1.74. The van der Waals surface area contributed by atoms with Gasteiger partial charge in [0.15, 0.2) is 0 Å². The molecule has 0 amide bonds. The maximum Gasteiger partial charge on any atom is 0.118 e.